The Labute approximate surface area is 227 Å². The fourth-order valence-electron chi connectivity index (χ4n) is 3.58. The van der Waals surface area contributed by atoms with Gasteiger partial charge >= 0.3 is 21.3 Å². The van der Waals surface area contributed by atoms with Gasteiger partial charge in [-0.15, -0.1) is 0 Å². The molecule has 0 radical (unpaired) electrons. The summed E-state index contributed by atoms with van der Waals surface area (Å²) in [6, 6.07) is 10.8. The van der Waals surface area contributed by atoms with E-state index in [1.807, 2.05) is 0 Å². The van der Waals surface area contributed by atoms with E-state index < -0.39 is 70.7 Å². The molecule has 4 aromatic rings. The minimum Gasteiger partial charge on any atom is -0.497 e. The molecule has 0 saturated carbocycles. The molecule has 0 spiro atoms. The smallest absolute Gasteiger partial charge is 0.497 e. The molecule has 0 amide bonds. The van der Waals surface area contributed by atoms with Gasteiger partial charge in [0.2, 0.25) is 5.75 Å². The molecule has 16 heteroatoms. The minimum absolute atomic E-state index is 0.106. The SMILES string of the molecule is COc1ccc(COc2cccc(F)c2-c2c(Cl)cc3c(OS(=O)(=O)C(F)(F)F)c([N+](=O)[O-])cnc3c2F)cc1. The highest BCUT2D eigenvalue weighted by Crippen LogP contribution is 2.45. The van der Waals surface area contributed by atoms with Crippen LogP contribution < -0.4 is 13.7 Å². The quantitative estimate of drug-likeness (QED) is 0.0730. The van der Waals surface area contributed by atoms with Gasteiger partial charge in [0.05, 0.1) is 28.0 Å². The van der Waals surface area contributed by atoms with Crippen LogP contribution in [0.1, 0.15) is 5.56 Å². The molecular formula is C24H14ClF5N2O7S. The van der Waals surface area contributed by atoms with Crippen molar-refractivity contribution in [3.8, 4) is 28.4 Å². The van der Waals surface area contributed by atoms with E-state index in [9.17, 15) is 31.7 Å². The molecule has 0 aliphatic carbocycles. The second-order valence-electron chi connectivity index (χ2n) is 7.91. The molecule has 0 fully saturated rings. The van der Waals surface area contributed by atoms with Crippen molar-refractivity contribution in [3.63, 3.8) is 0 Å². The Bertz CT molecular complexity index is 1730. The van der Waals surface area contributed by atoms with Crippen molar-refractivity contribution >= 4 is 38.3 Å². The van der Waals surface area contributed by atoms with Gasteiger partial charge < -0.3 is 13.7 Å². The Kier molecular flexibility index (Phi) is 7.72. The summed E-state index contributed by atoms with van der Waals surface area (Å²) < 4.78 is 108. The molecule has 0 saturated heterocycles. The van der Waals surface area contributed by atoms with Crippen LogP contribution in [0.4, 0.5) is 27.6 Å². The number of halogens is 6. The van der Waals surface area contributed by atoms with E-state index in [1.165, 1.54) is 19.2 Å². The van der Waals surface area contributed by atoms with E-state index in [1.54, 1.807) is 24.3 Å². The van der Waals surface area contributed by atoms with Crippen molar-refractivity contribution < 1.29 is 48.9 Å². The van der Waals surface area contributed by atoms with Crippen molar-refractivity contribution in [2.24, 2.45) is 0 Å². The molecular weight excluding hydrogens is 591 g/mol. The van der Waals surface area contributed by atoms with Crippen LogP contribution in [0.3, 0.4) is 0 Å². The number of nitrogens with zero attached hydrogens (tertiary/aromatic N) is 2. The number of benzene rings is 3. The molecule has 0 N–H and O–H groups in total. The average Bonchev–Trinajstić information content (AvgIpc) is 2.88. The highest BCUT2D eigenvalue weighted by atomic mass is 35.5. The van der Waals surface area contributed by atoms with Crippen molar-refractivity contribution in [2.45, 2.75) is 12.1 Å². The lowest BCUT2D eigenvalue weighted by Gasteiger charge is -2.16. The normalized spacial score (nSPS) is 11.9. The maximum Gasteiger partial charge on any atom is 0.534 e. The summed E-state index contributed by atoms with van der Waals surface area (Å²) in [4.78, 5) is 13.6. The second-order valence-corrected chi connectivity index (χ2v) is 9.85. The number of alkyl halides is 3. The number of hydrogen-bond donors (Lipinski definition) is 0. The van der Waals surface area contributed by atoms with Gasteiger partial charge in [0.1, 0.15) is 35.6 Å². The van der Waals surface area contributed by atoms with Crippen LogP contribution in [0.15, 0.2) is 54.7 Å². The summed E-state index contributed by atoms with van der Waals surface area (Å²) in [5.74, 6) is -3.55. The Morgan fingerprint density at radius 3 is 2.35 bits per heavy atom. The van der Waals surface area contributed by atoms with Crippen molar-refractivity contribution in [1.29, 1.82) is 0 Å². The van der Waals surface area contributed by atoms with Gasteiger partial charge in [-0.25, -0.2) is 13.8 Å². The predicted octanol–water partition coefficient (Wildman–Crippen LogP) is 6.56. The average molecular weight is 605 g/mol. The predicted molar refractivity (Wildman–Crippen MR) is 132 cm³/mol. The van der Waals surface area contributed by atoms with Gasteiger partial charge in [0, 0.05) is 5.56 Å². The summed E-state index contributed by atoms with van der Waals surface area (Å²) in [7, 11) is -4.95. The third kappa shape index (κ3) is 5.42. The summed E-state index contributed by atoms with van der Waals surface area (Å²) in [6.07, 6.45) is 0.298. The molecule has 3 aromatic carbocycles. The van der Waals surface area contributed by atoms with Crippen LogP contribution in [0.2, 0.25) is 5.02 Å². The molecule has 0 aliphatic rings. The van der Waals surface area contributed by atoms with Crippen molar-refractivity contribution in [1.82, 2.24) is 4.98 Å². The van der Waals surface area contributed by atoms with E-state index in [4.69, 9.17) is 21.1 Å². The van der Waals surface area contributed by atoms with Crippen LogP contribution in [-0.4, -0.2) is 30.9 Å². The zero-order valence-corrected chi connectivity index (χ0v) is 21.4. The molecule has 4 rings (SSSR count). The first-order chi connectivity index (χ1) is 18.7. The molecule has 0 aliphatic heterocycles. The van der Waals surface area contributed by atoms with Crippen LogP contribution >= 0.6 is 11.6 Å². The number of ether oxygens (including phenoxy) is 2. The molecule has 40 heavy (non-hydrogen) atoms. The monoisotopic (exact) mass is 604 g/mol. The highest BCUT2D eigenvalue weighted by molar-refractivity contribution is 7.88. The van der Waals surface area contributed by atoms with Crippen LogP contribution in [0, 0.1) is 21.7 Å². The number of pyridine rings is 1. The number of rotatable bonds is 8. The molecule has 0 unspecified atom stereocenters. The lowest BCUT2D eigenvalue weighted by atomic mass is 10.00. The van der Waals surface area contributed by atoms with E-state index in [0.717, 1.165) is 6.07 Å². The van der Waals surface area contributed by atoms with E-state index in [0.29, 0.717) is 23.6 Å². The van der Waals surface area contributed by atoms with Crippen LogP contribution in [-0.2, 0) is 16.7 Å². The van der Waals surface area contributed by atoms with Gasteiger partial charge in [0.15, 0.2) is 5.82 Å². The van der Waals surface area contributed by atoms with Gasteiger partial charge in [-0.3, -0.25) is 10.1 Å². The standard InChI is InChI=1S/C24H14ClF5N2O7S/c1-37-13-7-5-12(6-8-13)11-38-18-4-2-3-16(26)20(18)19-15(25)9-14-22(21(19)27)31-10-17(32(33)34)23(14)39-40(35,36)24(28,29)30/h2-10H,11H2,1H3. The minimum atomic E-state index is -6.42. The summed E-state index contributed by atoms with van der Waals surface area (Å²) in [5.41, 5.74) is -8.70. The summed E-state index contributed by atoms with van der Waals surface area (Å²) in [5, 5.41) is 9.83. The maximum absolute atomic E-state index is 15.8. The fourth-order valence-corrected chi connectivity index (χ4v) is 4.36. The Morgan fingerprint density at radius 1 is 1.07 bits per heavy atom. The van der Waals surface area contributed by atoms with Crippen LogP contribution in [0.5, 0.6) is 17.2 Å². The number of methoxy groups -OCH3 is 1. The van der Waals surface area contributed by atoms with E-state index >= 15 is 8.78 Å². The Morgan fingerprint density at radius 2 is 1.75 bits per heavy atom. The largest absolute Gasteiger partial charge is 0.534 e. The van der Waals surface area contributed by atoms with Gasteiger partial charge in [-0.2, -0.15) is 21.6 Å². The third-order valence-corrected chi connectivity index (χ3v) is 6.69. The molecule has 9 nitrogen and oxygen atoms in total. The second kappa shape index (κ2) is 10.7. The molecule has 210 valence electrons. The first-order valence-electron chi connectivity index (χ1n) is 10.8. The van der Waals surface area contributed by atoms with E-state index in [2.05, 4.69) is 9.17 Å². The summed E-state index contributed by atoms with van der Waals surface area (Å²) >= 11 is 6.20. The lowest BCUT2D eigenvalue weighted by molar-refractivity contribution is -0.385. The fraction of sp³-hybridized carbons (Fsp3) is 0.125. The first kappa shape index (κ1) is 28.8. The molecule has 0 bridgehead atoms. The molecule has 0 atom stereocenters. The highest BCUT2D eigenvalue weighted by Gasteiger charge is 2.49. The van der Waals surface area contributed by atoms with Crippen molar-refractivity contribution in [3.05, 3.63) is 87.1 Å². The Hall–Kier alpha value is -4.24. The topological polar surface area (TPSA) is 118 Å². The number of hydrogen-bond acceptors (Lipinski definition) is 8. The van der Waals surface area contributed by atoms with E-state index in [-0.39, 0.29) is 12.4 Å². The molecule has 1 heterocycles. The molecule has 1 aromatic heterocycles. The van der Waals surface area contributed by atoms with Gasteiger partial charge in [0.25, 0.3) is 0 Å². The van der Waals surface area contributed by atoms with Gasteiger partial charge in [-0.05, 0) is 35.9 Å². The zero-order chi connectivity index (χ0) is 29.4. The number of fused-ring (bicyclic) bond motifs is 1. The maximum atomic E-state index is 15.8. The number of nitro groups is 1. The third-order valence-electron chi connectivity index (χ3n) is 5.44. The zero-order valence-electron chi connectivity index (χ0n) is 19.8. The Balaban J connectivity index is 1.87. The van der Waals surface area contributed by atoms with Crippen molar-refractivity contribution in [2.75, 3.05) is 7.11 Å². The summed E-state index contributed by atoms with van der Waals surface area (Å²) in [6.45, 7) is -0.106. The van der Waals surface area contributed by atoms with Gasteiger partial charge in [-0.1, -0.05) is 29.8 Å². The lowest BCUT2D eigenvalue weighted by Crippen LogP contribution is -2.28. The number of aromatic nitrogens is 1. The van der Waals surface area contributed by atoms with Crippen LogP contribution in [0.25, 0.3) is 22.0 Å². The first-order valence-corrected chi connectivity index (χ1v) is 12.5.